The van der Waals surface area contributed by atoms with Gasteiger partial charge in [-0.05, 0) is 43.9 Å². The molecule has 0 radical (unpaired) electrons. The van der Waals surface area contributed by atoms with Crippen LogP contribution in [0.5, 0.6) is 0 Å². The minimum Gasteiger partial charge on any atom is -0.367 e. The van der Waals surface area contributed by atoms with Crippen molar-refractivity contribution < 1.29 is 4.74 Å². The Bertz CT molecular complexity index is 446. The monoisotopic (exact) mass is 311 g/mol. The molecule has 120 valence electrons. The van der Waals surface area contributed by atoms with E-state index in [-0.39, 0.29) is 5.60 Å². The van der Waals surface area contributed by atoms with Crippen LogP contribution in [0.25, 0.3) is 0 Å². The Morgan fingerprint density at radius 3 is 2.48 bits per heavy atom. The summed E-state index contributed by atoms with van der Waals surface area (Å²) in [6, 6.07) is 0. The molecule has 0 saturated heterocycles. The van der Waals surface area contributed by atoms with Gasteiger partial charge in [0.25, 0.3) is 0 Å². The Balaban J connectivity index is 2.12. The molecule has 1 aromatic heterocycles. The highest BCUT2D eigenvalue weighted by Crippen LogP contribution is 2.47. The zero-order valence-electron chi connectivity index (χ0n) is 14.0. The minimum atomic E-state index is -0.265. The molecular weight excluding hydrogens is 282 g/mol. The molecule has 0 unspecified atom stereocenters. The number of hydrogen-bond acceptors (Lipinski definition) is 5. The molecule has 2 rings (SSSR count). The Hall–Kier alpha value is -0.680. The summed E-state index contributed by atoms with van der Waals surface area (Å²) in [5.74, 6) is 1.49. The summed E-state index contributed by atoms with van der Waals surface area (Å²) >= 11 is 1.46. The molecule has 0 aromatic carbocycles. The summed E-state index contributed by atoms with van der Waals surface area (Å²) in [6.45, 7) is 12.8. The van der Waals surface area contributed by atoms with Crippen LogP contribution in [-0.4, -0.2) is 22.5 Å². The number of ether oxygens (including phenoxy) is 1. The van der Waals surface area contributed by atoms with Crippen molar-refractivity contribution in [1.82, 2.24) is 9.36 Å². The first-order chi connectivity index (χ1) is 9.87. The number of rotatable bonds is 6. The summed E-state index contributed by atoms with van der Waals surface area (Å²) in [5, 5.41) is 4.29. The number of nitrogens with one attached hydrogen (secondary N) is 1. The highest BCUT2D eigenvalue weighted by molar-refractivity contribution is 7.09. The minimum absolute atomic E-state index is 0.265. The van der Waals surface area contributed by atoms with E-state index in [1.165, 1.54) is 24.4 Å². The van der Waals surface area contributed by atoms with Gasteiger partial charge in [0.05, 0.1) is 0 Å². The first kappa shape index (κ1) is 16.7. The van der Waals surface area contributed by atoms with Crippen LogP contribution in [-0.2, 0) is 10.3 Å². The van der Waals surface area contributed by atoms with Gasteiger partial charge in [-0.25, -0.2) is 4.98 Å². The first-order valence-electron chi connectivity index (χ1n) is 8.09. The number of nitrogens with zero attached hydrogens (tertiary/aromatic N) is 2. The lowest BCUT2D eigenvalue weighted by Crippen LogP contribution is -2.38. The Morgan fingerprint density at radius 1 is 1.24 bits per heavy atom. The van der Waals surface area contributed by atoms with Crippen molar-refractivity contribution >= 4 is 16.7 Å². The number of anilines is 1. The van der Waals surface area contributed by atoms with E-state index in [2.05, 4.69) is 44.3 Å². The van der Waals surface area contributed by atoms with Crippen LogP contribution >= 0.6 is 11.5 Å². The Kier molecular flexibility index (Phi) is 5.25. The maximum atomic E-state index is 6.14. The van der Waals surface area contributed by atoms with Crippen molar-refractivity contribution in [3.05, 3.63) is 5.82 Å². The molecule has 0 spiro atoms. The van der Waals surface area contributed by atoms with Crippen LogP contribution in [0, 0.1) is 11.3 Å². The summed E-state index contributed by atoms with van der Waals surface area (Å²) in [6.07, 6.45) is 4.38. The maximum Gasteiger partial charge on any atom is 0.202 e. The predicted molar refractivity (Wildman–Crippen MR) is 88.8 cm³/mol. The van der Waals surface area contributed by atoms with Crippen LogP contribution in [0.2, 0.25) is 0 Å². The third-order valence-electron chi connectivity index (χ3n) is 4.33. The summed E-state index contributed by atoms with van der Waals surface area (Å²) in [4.78, 5) is 4.72. The van der Waals surface area contributed by atoms with Crippen LogP contribution in [0.4, 0.5) is 5.13 Å². The lowest BCUT2D eigenvalue weighted by Gasteiger charge is -2.41. The van der Waals surface area contributed by atoms with Crippen LogP contribution in [0.3, 0.4) is 0 Å². The molecular formula is C16H29N3OS. The van der Waals surface area contributed by atoms with E-state index >= 15 is 0 Å². The molecule has 5 heteroatoms. The molecule has 1 N–H and O–H groups in total. The first-order valence-corrected chi connectivity index (χ1v) is 8.86. The third kappa shape index (κ3) is 4.16. The van der Waals surface area contributed by atoms with Gasteiger partial charge in [-0.3, -0.25) is 0 Å². The third-order valence-corrected chi connectivity index (χ3v) is 5.00. The van der Waals surface area contributed by atoms with Gasteiger partial charge in [0, 0.05) is 24.7 Å². The zero-order valence-corrected chi connectivity index (χ0v) is 14.8. The highest BCUT2D eigenvalue weighted by Gasteiger charge is 2.43. The molecule has 1 aliphatic carbocycles. The predicted octanol–water partition coefficient (Wildman–Crippen LogP) is 4.44. The average molecular weight is 311 g/mol. The van der Waals surface area contributed by atoms with Gasteiger partial charge in [0.2, 0.25) is 5.13 Å². The smallest absolute Gasteiger partial charge is 0.202 e. The van der Waals surface area contributed by atoms with Crippen molar-refractivity contribution in [3.63, 3.8) is 0 Å². The normalized spacial score (nSPS) is 20.7. The molecule has 0 aliphatic heterocycles. The molecule has 1 fully saturated rings. The van der Waals surface area contributed by atoms with Gasteiger partial charge in [-0.2, -0.15) is 4.37 Å². The van der Waals surface area contributed by atoms with E-state index in [9.17, 15) is 0 Å². The van der Waals surface area contributed by atoms with Crippen LogP contribution in [0.15, 0.2) is 0 Å². The van der Waals surface area contributed by atoms with Gasteiger partial charge in [0.1, 0.15) is 5.60 Å². The fourth-order valence-electron chi connectivity index (χ4n) is 2.81. The highest BCUT2D eigenvalue weighted by atomic mass is 32.1. The van der Waals surface area contributed by atoms with E-state index in [4.69, 9.17) is 9.72 Å². The van der Waals surface area contributed by atoms with Crippen LogP contribution in [0.1, 0.15) is 66.1 Å². The van der Waals surface area contributed by atoms with E-state index in [0.717, 1.165) is 30.3 Å². The van der Waals surface area contributed by atoms with Crippen molar-refractivity contribution in [2.24, 2.45) is 11.3 Å². The standard InChI is InChI=1S/C16H29N3OS/c1-6-20-16(9-7-15(4,5)8-10-16)13-18-14(21-19-13)17-11-12(2)3/h12H,6-11H2,1-5H3,(H,17,18,19). The zero-order chi connectivity index (χ0) is 15.5. The molecule has 0 bridgehead atoms. The van der Waals surface area contributed by atoms with E-state index in [1.807, 2.05) is 0 Å². The van der Waals surface area contributed by atoms with Crippen LogP contribution < -0.4 is 5.32 Å². The lowest BCUT2D eigenvalue weighted by molar-refractivity contribution is -0.0940. The fraction of sp³-hybridized carbons (Fsp3) is 0.875. The summed E-state index contributed by atoms with van der Waals surface area (Å²) in [5.41, 5.74) is 0.147. The second-order valence-electron chi connectivity index (χ2n) is 7.29. The van der Waals surface area contributed by atoms with Gasteiger partial charge >= 0.3 is 0 Å². The lowest BCUT2D eigenvalue weighted by atomic mass is 9.70. The van der Waals surface area contributed by atoms with Gasteiger partial charge in [-0.15, -0.1) is 0 Å². The summed E-state index contributed by atoms with van der Waals surface area (Å²) in [7, 11) is 0. The maximum absolute atomic E-state index is 6.14. The number of hydrogen-bond donors (Lipinski definition) is 1. The molecule has 1 saturated carbocycles. The van der Waals surface area contributed by atoms with E-state index < -0.39 is 0 Å². The van der Waals surface area contributed by atoms with E-state index in [1.54, 1.807) is 0 Å². The molecule has 0 amide bonds. The molecule has 21 heavy (non-hydrogen) atoms. The molecule has 1 heterocycles. The van der Waals surface area contributed by atoms with Crippen molar-refractivity contribution in [2.75, 3.05) is 18.5 Å². The van der Waals surface area contributed by atoms with Gasteiger partial charge in [0.15, 0.2) is 5.82 Å². The second-order valence-corrected chi connectivity index (χ2v) is 8.04. The molecule has 0 atom stereocenters. The summed E-state index contributed by atoms with van der Waals surface area (Å²) < 4.78 is 10.7. The SMILES string of the molecule is CCOC1(c2nsc(NCC(C)C)n2)CCC(C)(C)CC1. The Morgan fingerprint density at radius 2 is 1.90 bits per heavy atom. The van der Waals surface area contributed by atoms with Crippen molar-refractivity contribution in [3.8, 4) is 0 Å². The largest absolute Gasteiger partial charge is 0.367 e. The van der Waals surface area contributed by atoms with Crippen molar-refractivity contribution in [1.29, 1.82) is 0 Å². The van der Waals surface area contributed by atoms with Gasteiger partial charge in [-0.1, -0.05) is 27.7 Å². The molecule has 1 aliphatic rings. The molecule has 1 aromatic rings. The van der Waals surface area contributed by atoms with Crippen molar-refractivity contribution in [2.45, 2.75) is 65.9 Å². The number of aromatic nitrogens is 2. The average Bonchev–Trinajstić information content (AvgIpc) is 2.89. The van der Waals surface area contributed by atoms with Gasteiger partial charge < -0.3 is 10.1 Å². The van der Waals surface area contributed by atoms with E-state index in [0.29, 0.717) is 17.9 Å². The fourth-order valence-corrected chi connectivity index (χ4v) is 3.47. The quantitative estimate of drug-likeness (QED) is 0.844. The topological polar surface area (TPSA) is 47.0 Å². The molecule has 4 nitrogen and oxygen atoms in total. The Labute approximate surface area is 132 Å². The second kappa shape index (κ2) is 6.61.